The Hall–Kier alpha value is -3.77. The van der Waals surface area contributed by atoms with Gasteiger partial charge in [-0.3, -0.25) is 19.2 Å². The topological polar surface area (TPSA) is 599 Å². The minimum atomic E-state index is -3.00. The van der Waals surface area contributed by atoms with E-state index in [0.717, 1.165) is 27.7 Å². The molecule has 0 aromatic rings. The third kappa shape index (κ3) is 16.0. The number of carbonyl (C=O) groups excluding carboxylic acids is 4. The molecule has 0 spiro atoms. The maximum absolute atomic E-state index is 12.8. The number of carboxylic acids is 1. The van der Waals surface area contributed by atoms with Crippen molar-refractivity contribution < 1.29 is 168 Å². The van der Waals surface area contributed by atoms with Crippen molar-refractivity contribution in [3.05, 3.63) is 0 Å². The number of carbonyl (C=O) groups is 5. The number of hydrogen-bond acceptors (Lipinski definition) is 33. The largest absolute Gasteiger partial charge is 0.477 e. The maximum atomic E-state index is 12.8. The molecular formula is C47H78N4O34. The summed E-state index contributed by atoms with van der Waals surface area (Å²) in [5.74, 6) is -8.28. The summed E-state index contributed by atoms with van der Waals surface area (Å²) in [6.45, 7) is -2.02. The van der Waals surface area contributed by atoms with Crippen LogP contribution in [0.3, 0.4) is 0 Å². The molecule has 0 saturated carbocycles. The smallest absolute Gasteiger partial charge is 0.364 e. The summed E-state index contributed by atoms with van der Waals surface area (Å²) in [4.78, 5) is 62.1. The van der Waals surface area contributed by atoms with Gasteiger partial charge < -0.3 is 165 Å². The molecule has 22 N–H and O–H groups in total. The van der Waals surface area contributed by atoms with Crippen LogP contribution in [0.15, 0.2) is 0 Å². The minimum absolute atomic E-state index is 0.794. The van der Waals surface area contributed by atoms with E-state index in [4.69, 9.17) is 52.1 Å². The zero-order valence-electron chi connectivity index (χ0n) is 45.9. The van der Waals surface area contributed by atoms with Crippen LogP contribution in [0.2, 0.25) is 0 Å². The van der Waals surface area contributed by atoms with E-state index < -0.39 is 265 Å². The van der Waals surface area contributed by atoms with Gasteiger partial charge in [-0.2, -0.15) is 0 Å². The van der Waals surface area contributed by atoms with Gasteiger partial charge in [0, 0.05) is 34.1 Å². The summed E-state index contributed by atoms with van der Waals surface area (Å²) in [6, 6.07) is -6.78. The number of aliphatic hydroxyl groups excluding tert-OH is 17. The van der Waals surface area contributed by atoms with Gasteiger partial charge in [0.2, 0.25) is 23.6 Å². The highest BCUT2D eigenvalue weighted by Gasteiger charge is 2.59. The van der Waals surface area contributed by atoms with Crippen molar-refractivity contribution in [1.29, 1.82) is 0 Å². The summed E-state index contributed by atoms with van der Waals surface area (Å²) in [6.07, 6.45) is -51.8. The number of aliphatic carboxylic acids is 1. The molecule has 0 unspecified atom stereocenters. The van der Waals surface area contributed by atoms with Crippen LogP contribution in [0, 0.1) is 0 Å². The first-order chi connectivity index (χ1) is 39.9. The predicted octanol–water partition coefficient (Wildman–Crippen LogP) is -14.3. The highest BCUT2D eigenvalue weighted by Crippen LogP contribution is 2.37. The lowest BCUT2D eigenvalue weighted by Crippen LogP contribution is -2.70. The van der Waals surface area contributed by atoms with Crippen LogP contribution < -0.4 is 21.3 Å². The predicted molar refractivity (Wildman–Crippen MR) is 263 cm³/mol. The van der Waals surface area contributed by atoms with Crippen molar-refractivity contribution in [2.24, 2.45) is 0 Å². The summed E-state index contributed by atoms with van der Waals surface area (Å²) in [7, 11) is 0. The third-order valence-electron chi connectivity index (χ3n) is 15.0. The monoisotopic (exact) mass is 1240 g/mol. The van der Waals surface area contributed by atoms with Gasteiger partial charge in [-0.1, -0.05) is 0 Å². The van der Waals surface area contributed by atoms with Crippen molar-refractivity contribution in [3.8, 4) is 0 Å². The lowest BCUT2D eigenvalue weighted by atomic mass is 9.88. The van der Waals surface area contributed by atoms with Gasteiger partial charge in [0.15, 0.2) is 31.5 Å². The van der Waals surface area contributed by atoms with Gasteiger partial charge in [0.05, 0.1) is 51.8 Å². The molecule has 4 amide bonds. The zero-order valence-corrected chi connectivity index (χ0v) is 45.9. The first-order valence-corrected chi connectivity index (χ1v) is 26.7. The molecular weight excluding hydrogens is 1160 g/mol. The lowest BCUT2D eigenvalue weighted by molar-refractivity contribution is -0.370. The van der Waals surface area contributed by atoms with E-state index in [1.54, 1.807) is 0 Å². The standard InChI is InChI=1S/C47H78N4O34/c1-12(56)48-23-16(60)5-47(46(73)74,85-40(23)27(62)17(61)6-52)76-11-22-29(64)31(66)24(49-13(2)57)43(81-22)82-38-20(9-55)80-45(36(71)34(38)69)84-39-26(51-15(4)59)41(72)77-21(30(39)65)10-75-42-25(50-14(3)58)32(67)37(19(8-54)79-42)83-44-35(70)33(68)28(63)18(7-53)78-44/h16-45,52-55,60-72H,5-11H2,1-4H3,(H,48,56)(H,49,57)(H,50,58)(H,51,59)(H,73,74)/t16-,17+,18+,19+,20+,21+,22+,23+,24+,25+,26+,27+,28-,29+,30-,31+,32+,33-,34+,35+,36+,37+,38-,39+,40+,41-,42+,43-,44-,45-,47+/m0/s1. The summed E-state index contributed by atoms with van der Waals surface area (Å²) < 4.78 is 63.0. The first-order valence-electron chi connectivity index (χ1n) is 26.7. The molecule has 0 aromatic heterocycles. The Kier molecular flexibility index (Phi) is 24.9. The average Bonchev–Trinajstić information content (AvgIpc) is 3.43. The summed E-state index contributed by atoms with van der Waals surface area (Å²) >= 11 is 0. The van der Waals surface area contributed by atoms with Crippen molar-refractivity contribution in [2.75, 3.05) is 39.6 Å². The molecule has 6 saturated heterocycles. The number of carboxylic acid groups (broad SMARTS) is 1. The van der Waals surface area contributed by atoms with Gasteiger partial charge in [-0.15, -0.1) is 0 Å². The fourth-order valence-corrected chi connectivity index (χ4v) is 10.6. The van der Waals surface area contributed by atoms with Crippen LogP contribution in [0.25, 0.3) is 0 Å². The summed E-state index contributed by atoms with van der Waals surface area (Å²) in [5.41, 5.74) is 0. The maximum Gasteiger partial charge on any atom is 0.364 e. The van der Waals surface area contributed by atoms with Crippen molar-refractivity contribution in [2.45, 2.75) is 224 Å². The molecule has 490 valence electrons. The molecule has 31 atom stereocenters. The third-order valence-corrected chi connectivity index (χ3v) is 15.0. The van der Waals surface area contributed by atoms with Crippen LogP contribution in [0.4, 0.5) is 0 Å². The van der Waals surface area contributed by atoms with E-state index in [1.165, 1.54) is 0 Å². The van der Waals surface area contributed by atoms with E-state index >= 15 is 0 Å². The van der Waals surface area contributed by atoms with Gasteiger partial charge in [0.1, 0.15) is 140 Å². The number of ether oxygens (including phenoxy) is 11. The van der Waals surface area contributed by atoms with E-state index in [9.17, 15) is 116 Å². The number of amides is 4. The highest BCUT2D eigenvalue weighted by atomic mass is 16.8. The van der Waals surface area contributed by atoms with Crippen LogP contribution >= 0.6 is 0 Å². The molecule has 6 fully saturated rings. The molecule has 6 rings (SSSR count). The Balaban J connectivity index is 1.18. The number of aliphatic hydroxyl groups is 17. The molecule has 0 aromatic carbocycles. The lowest BCUT2D eigenvalue weighted by Gasteiger charge is -2.49. The van der Waals surface area contributed by atoms with Gasteiger partial charge in [-0.05, 0) is 0 Å². The van der Waals surface area contributed by atoms with Crippen LogP contribution in [0.1, 0.15) is 34.1 Å². The first kappa shape index (κ1) is 70.3. The molecule has 6 aliphatic rings. The number of hydrogen-bond donors (Lipinski definition) is 22. The number of rotatable bonds is 23. The van der Waals surface area contributed by atoms with Crippen molar-refractivity contribution in [3.63, 3.8) is 0 Å². The average molecular weight is 1240 g/mol. The Bertz CT molecular complexity index is 2210. The summed E-state index contributed by atoms with van der Waals surface area (Å²) in [5, 5.41) is 203. The van der Waals surface area contributed by atoms with Gasteiger partial charge in [-0.25, -0.2) is 4.79 Å². The molecule has 38 heteroatoms. The second-order valence-electron chi connectivity index (χ2n) is 21.2. The fraction of sp³-hybridized carbons (Fsp3) is 0.894. The fourth-order valence-electron chi connectivity index (χ4n) is 10.6. The quantitative estimate of drug-likeness (QED) is 0.0452. The highest BCUT2D eigenvalue weighted by molar-refractivity contribution is 5.77. The minimum Gasteiger partial charge on any atom is -0.477 e. The number of nitrogens with one attached hydrogen (secondary N) is 4. The van der Waals surface area contributed by atoms with E-state index in [2.05, 4.69) is 21.3 Å². The molecule has 85 heavy (non-hydrogen) atoms. The Labute approximate surface area is 481 Å². The van der Waals surface area contributed by atoms with Gasteiger partial charge in [0.25, 0.3) is 5.79 Å². The molecule has 0 radical (unpaired) electrons. The zero-order chi connectivity index (χ0) is 63.3. The molecule has 6 heterocycles. The van der Waals surface area contributed by atoms with Crippen molar-refractivity contribution >= 4 is 29.6 Å². The van der Waals surface area contributed by atoms with Gasteiger partial charge >= 0.3 is 5.97 Å². The molecule has 0 aliphatic carbocycles. The molecule has 38 nitrogen and oxygen atoms in total. The second kappa shape index (κ2) is 30.2. The normalized spacial score (nSPS) is 45.0. The Morgan fingerprint density at radius 1 is 0.482 bits per heavy atom. The second-order valence-corrected chi connectivity index (χ2v) is 21.2. The van der Waals surface area contributed by atoms with E-state index in [0.29, 0.717) is 0 Å². The van der Waals surface area contributed by atoms with Crippen molar-refractivity contribution in [1.82, 2.24) is 21.3 Å². The molecule has 6 aliphatic heterocycles. The Morgan fingerprint density at radius 3 is 1.47 bits per heavy atom. The van der Waals surface area contributed by atoms with E-state index in [1.807, 2.05) is 0 Å². The van der Waals surface area contributed by atoms with Crippen LogP contribution in [0.5, 0.6) is 0 Å². The Morgan fingerprint density at radius 2 is 0.929 bits per heavy atom. The molecule has 0 bridgehead atoms. The SMILES string of the molecule is CC(=O)N[C@@H]1[C@@H](O[C@@H]2O[C@H](CO)[C@H](O[C@@H]3O[C@H](CO[C@]4(C(=O)O)C[C@H](O)[C@@H](NC(C)=O)[C@H]([C@H](O)[C@H](O)CO)O4)[C@@H](O)[C@H](O)[C@H]3NC(C)=O)[C@H](O)[C@H]2O)[C@@H](O)[C@@H](CO[C@@H]2O[C@H](CO)[C@@H](O[C@@H]3O[C@H](CO)[C@H](O)[C@H](O)[C@H]3O)[C@H](O)[C@H]2NC(C)=O)O[C@@H]1O. The van der Waals surface area contributed by atoms with Crippen LogP contribution in [-0.4, -0.2) is 351 Å². The van der Waals surface area contributed by atoms with Crippen LogP contribution in [-0.2, 0) is 76.1 Å². The van der Waals surface area contributed by atoms with E-state index in [-0.39, 0.29) is 0 Å².